The minimum absolute atomic E-state index is 0.0633. The Hall–Kier alpha value is -2.10. The van der Waals surface area contributed by atoms with Crippen molar-refractivity contribution in [3.63, 3.8) is 0 Å². The fourth-order valence-electron chi connectivity index (χ4n) is 3.32. The highest BCUT2D eigenvalue weighted by Crippen LogP contribution is 2.32. The van der Waals surface area contributed by atoms with Crippen LogP contribution in [0.25, 0.3) is 0 Å². The van der Waals surface area contributed by atoms with E-state index in [0.717, 1.165) is 28.1 Å². The van der Waals surface area contributed by atoms with Gasteiger partial charge in [0.1, 0.15) is 0 Å². The summed E-state index contributed by atoms with van der Waals surface area (Å²) in [5, 5.41) is 3.38. The molecule has 1 N–H and O–H groups in total. The maximum atomic E-state index is 12.9. The molecule has 2 aromatic rings. The Morgan fingerprint density at radius 3 is 2.40 bits per heavy atom. The lowest BCUT2D eigenvalue weighted by molar-refractivity contribution is -0.137. The third kappa shape index (κ3) is 5.33. The zero-order valence-electron chi connectivity index (χ0n) is 15.8. The van der Waals surface area contributed by atoms with Crippen molar-refractivity contribution >= 4 is 27.5 Å². The van der Waals surface area contributed by atoms with Gasteiger partial charge in [0.05, 0.1) is 10.5 Å². The maximum absolute atomic E-state index is 12.9. The van der Waals surface area contributed by atoms with Gasteiger partial charge in [-0.3, -0.25) is 4.79 Å². The molecule has 0 spiro atoms. The van der Waals surface area contributed by atoms with Gasteiger partial charge in [-0.25, -0.2) is 8.42 Å². The van der Waals surface area contributed by atoms with Gasteiger partial charge in [0, 0.05) is 30.6 Å². The molecule has 1 heterocycles. The largest absolute Gasteiger partial charge is 0.416 e. The fourth-order valence-corrected chi connectivity index (χ4v) is 5.05. The van der Waals surface area contributed by atoms with Crippen LogP contribution in [0.3, 0.4) is 0 Å². The van der Waals surface area contributed by atoms with Gasteiger partial charge in [0.15, 0.2) is 0 Å². The van der Waals surface area contributed by atoms with Crippen molar-refractivity contribution in [2.24, 2.45) is 5.92 Å². The van der Waals surface area contributed by atoms with Gasteiger partial charge < -0.3 is 5.32 Å². The molecule has 1 fully saturated rings. The van der Waals surface area contributed by atoms with E-state index in [1.54, 1.807) is 18.2 Å². The van der Waals surface area contributed by atoms with Crippen LogP contribution in [0.5, 0.6) is 0 Å². The highest BCUT2D eigenvalue weighted by atomic mass is 35.5. The Bertz CT molecular complexity index is 1020. The van der Waals surface area contributed by atoms with Crippen molar-refractivity contribution < 1.29 is 26.4 Å². The van der Waals surface area contributed by atoms with Gasteiger partial charge in [-0.2, -0.15) is 17.5 Å². The minimum Gasteiger partial charge on any atom is -0.352 e. The summed E-state index contributed by atoms with van der Waals surface area (Å²) in [6.45, 7) is 0.434. The van der Waals surface area contributed by atoms with Crippen LogP contribution in [-0.4, -0.2) is 31.7 Å². The van der Waals surface area contributed by atoms with E-state index in [9.17, 15) is 26.4 Å². The zero-order valence-corrected chi connectivity index (χ0v) is 17.4. The molecular formula is C20H20ClF3N2O3S. The van der Waals surface area contributed by atoms with Gasteiger partial charge in [0.25, 0.3) is 0 Å². The van der Waals surface area contributed by atoms with Gasteiger partial charge in [-0.05, 0) is 48.7 Å². The van der Waals surface area contributed by atoms with Crippen LogP contribution < -0.4 is 5.32 Å². The van der Waals surface area contributed by atoms with Gasteiger partial charge in [0.2, 0.25) is 15.9 Å². The third-order valence-corrected chi connectivity index (χ3v) is 7.11. The summed E-state index contributed by atoms with van der Waals surface area (Å²) in [7, 11) is -4.07. The number of hydrogen-bond acceptors (Lipinski definition) is 3. The van der Waals surface area contributed by atoms with Gasteiger partial charge >= 0.3 is 6.18 Å². The second-order valence-corrected chi connectivity index (χ2v) is 9.43. The summed E-state index contributed by atoms with van der Waals surface area (Å²) in [5.41, 5.74) is -0.167. The van der Waals surface area contributed by atoms with Crippen LogP contribution in [0, 0.1) is 5.92 Å². The molecule has 1 amide bonds. The maximum Gasteiger partial charge on any atom is 0.416 e. The van der Waals surface area contributed by atoms with Crippen LogP contribution in [0.15, 0.2) is 53.4 Å². The molecule has 0 atom stereocenters. The van der Waals surface area contributed by atoms with Crippen LogP contribution in [-0.2, 0) is 27.5 Å². The lowest BCUT2D eigenvalue weighted by Crippen LogP contribution is -2.42. The van der Waals surface area contributed by atoms with Crippen LogP contribution in [0.2, 0.25) is 5.02 Å². The molecule has 30 heavy (non-hydrogen) atoms. The third-order valence-electron chi connectivity index (χ3n) is 4.98. The van der Waals surface area contributed by atoms with Crippen molar-refractivity contribution in [1.29, 1.82) is 0 Å². The number of amides is 1. The molecule has 0 radical (unpaired) electrons. The second-order valence-electron chi connectivity index (χ2n) is 7.05. The first-order valence-electron chi connectivity index (χ1n) is 9.27. The minimum atomic E-state index is -4.63. The number of carbonyl (C=O) groups excluding carboxylic acids is 1. The molecule has 1 aliphatic rings. The molecule has 2 aromatic carbocycles. The van der Waals surface area contributed by atoms with E-state index < -0.39 is 26.7 Å². The van der Waals surface area contributed by atoms with Crippen LogP contribution in [0.4, 0.5) is 13.2 Å². The number of benzene rings is 2. The summed E-state index contributed by atoms with van der Waals surface area (Å²) in [5.74, 6) is -0.553. The number of nitrogens with one attached hydrogen (secondary N) is 1. The van der Waals surface area contributed by atoms with E-state index in [1.165, 1.54) is 0 Å². The first kappa shape index (κ1) is 22.6. The normalized spacial score (nSPS) is 16.4. The Labute approximate surface area is 177 Å². The smallest absolute Gasteiger partial charge is 0.352 e. The molecule has 0 aliphatic carbocycles. The van der Waals surface area contributed by atoms with Crippen molar-refractivity contribution in [1.82, 2.24) is 9.62 Å². The van der Waals surface area contributed by atoms with E-state index in [0.29, 0.717) is 30.5 Å². The number of piperidine rings is 1. The van der Waals surface area contributed by atoms with Crippen molar-refractivity contribution in [2.45, 2.75) is 30.5 Å². The van der Waals surface area contributed by atoms with E-state index in [-0.39, 0.29) is 24.9 Å². The van der Waals surface area contributed by atoms with Crippen molar-refractivity contribution in [3.05, 3.63) is 64.7 Å². The van der Waals surface area contributed by atoms with E-state index in [4.69, 9.17) is 11.6 Å². The molecule has 162 valence electrons. The summed E-state index contributed by atoms with van der Waals surface area (Å²) in [6.07, 6.45) is -4.04. The Morgan fingerprint density at radius 2 is 1.77 bits per heavy atom. The Kier molecular flexibility index (Phi) is 6.74. The average molecular weight is 461 g/mol. The summed E-state index contributed by atoms with van der Waals surface area (Å²) >= 11 is 5.92. The lowest BCUT2D eigenvalue weighted by Gasteiger charge is -2.30. The van der Waals surface area contributed by atoms with E-state index >= 15 is 0 Å². The second kappa shape index (κ2) is 8.95. The SMILES string of the molecule is O=C(NCc1cccc(Cl)c1)C1CCN(S(=O)(=O)c2cccc(C(F)(F)F)c2)CC1. The highest BCUT2D eigenvalue weighted by Gasteiger charge is 2.35. The molecule has 0 aromatic heterocycles. The molecule has 10 heteroatoms. The number of alkyl halides is 3. The summed E-state index contributed by atoms with van der Waals surface area (Å²) in [6, 6.07) is 10.8. The van der Waals surface area contributed by atoms with Crippen LogP contribution in [0.1, 0.15) is 24.0 Å². The average Bonchev–Trinajstić information content (AvgIpc) is 2.71. The Morgan fingerprint density at radius 1 is 1.10 bits per heavy atom. The number of rotatable bonds is 5. The molecule has 0 bridgehead atoms. The van der Waals surface area contributed by atoms with Gasteiger partial charge in [-0.1, -0.05) is 29.8 Å². The van der Waals surface area contributed by atoms with E-state index in [1.807, 2.05) is 6.07 Å². The number of halogens is 4. The van der Waals surface area contributed by atoms with Crippen molar-refractivity contribution in [2.75, 3.05) is 13.1 Å². The quantitative estimate of drug-likeness (QED) is 0.731. The van der Waals surface area contributed by atoms with E-state index in [2.05, 4.69) is 5.32 Å². The predicted octanol–water partition coefficient (Wildman–Crippen LogP) is 4.08. The van der Waals surface area contributed by atoms with Gasteiger partial charge in [-0.15, -0.1) is 0 Å². The van der Waals surface area contributed by atoms with Crippen LogP contribution >= 0.6 is 11.6 Å². The summed E-state index contributed by atoms with van der Waals surface area (Å²) < 4.78 is 65.3. The summed E-state index contributed by atoms with van der Waals surface area (Å²) in [4.78, 5) is 12.0. The topological polar surface area (TPSA) is 66.5 Å². The first-order valence-corrected chi connectivity index (χ1v) is 11.1. The molecule has 0 saturated carbocycles. The number of sulfonamides is 1. The molecule has 1 saturated heterocycles. The van der Waals surface area contributed by atoms with Crippen molar-refractivity contribution in [3.8, 4) is 0 Å². The monoisotopic (exact) mass is 460 g/mol. The Balaban J connectivity index is 1.60. The zero-order chi connectivity index (χ0) is 21.9. The molecule has 1 aliphatic heterocycles. The number of hydrogen-bond donors (Lipinski definition) is 1. The molecule has 3 rings (SSSR count). The molecule has 5 nitrogen and oxygen atoms in total. The lowest BCUT2D eigenvalue weighted by atomic mass is 9.97. The number of nitrogens with zero attached hydrogens (tertiary/aromatic N) is 1. The highest BCUT2D eigenvalue weighted by molar-refractivity contribution is 7.89. The first-order chi connectivity index (χ1) is 14.1. The fraction of sp³-hybridized carbons (Fsp3) is 0.350. The predicted molar refractivity (Wildman–Crippen MR) is 106 cm³/mol. The standard InChI is InChI=1S/C20H20ClF3N2O3S/c21-17-5-1-3-14(11-17)13-25-19(27)15-7-9-26(10-8-15)30(28,29)18-6-2-4-16(12-18)20(22,23)24/h1-6,11-12,15H,7-10,13H2,(H,25,27). The molecule has 0 unspecified atom stereocenters. The number of carbonyl (C=O) groups is 1. The molecular weight excluding hydrogens is 441 g/mol.